The molecule has 0 aliphatic heterocycles. The average Bonchev–Trinajstić information content (AvgIpc) is 3.76. The van der Waals surface area contributed by atoms with Crippen molar-refractivity contribution in [2.75, 3.05) is 0 Å². The Morgan fingerprint density at radius 1 is 0.647 bits per heavy atom. The molecule has 4 aromatic heterocycles. The first-order chi connectivity index (χ1) is 34.9. The van der Waals surface area contributed by atoms with Gasteiger partial charge in [-0.15, -0.1) is 90.0 Å². The summed E-state index contributed by atoms with van der Waals surface area (Å²) in [6.45, 7) is 8.59. The zero-order valence-corrected chi connectivity index (χ0v) is 41.2. The van der Waals surface area contributed by atoms with Crippen molar-refractivity contribution in [3.05, 3.63) is 209 Å². The summed E-state index contributed by atoms with van der Waals surface area (Å²) in [5.41, 5.74) is 9.03. The van der Waals surface area contributed by atoms with E-state index in [1.54, 1.807) is 24.3 Å². The van der Waals surface area contributed by atoms with Crippen LogP contribution in [0.1, 0.15) is 118 Å². The minimum absolute atomic E-state index is 0. The van der Waals surface area contributed by atoms with Gasteiger partial charge >= 0.3 is 20.1 Å². The number of aryl methyl sites for hydroxylation is 2. The molecule has 0 unspecified atom stereocenters. The summed E-state index contributed by atoms with van der Waals surface area (Å²) in [7, 11) is 0. The third kappa shape index (κ3) is 9.88. The number of nitriles is 1. The molecule has 0 atom stereocenters. The number of aromatic nitrogens is 3. The molecule has 5 aromatic carbocycles. The van der Waals surface area contributed by atoms with Crippen molar-refractivity contribution in [1.29, 1.82) is 5.26 Å². The molecule has 0 amide bonds. The monoisotopic (exact) mass is 1070 g/mol. The van der Waals surface area contributed by atoms with E-state index in [4.69, 9.17) is 20.7 Å². The first-order valence-electron chi connectivity index (χ1n) is 26.2. The van der Waals surface area contributed by atoms with Crippen LogP contribution in [0.5, 0.6) is 0 Å². The molecule has 0 spiro atoms. The van der Waals surface area contributed by atoms with Crippen LogP contribution in [0.15, 0.2) is 150 Å². The quantitative estimate of drug-likeness (QED) is 0.108. The average molecular weight is 1070 g/mol. The zero-order chi connectivity index (χ0) is 51.3. The first kappa shape index (κ1) is 39.5. The molecule has 5 nitrogen and oxygen atoms in total. The van der Waals surface area contributed by atoms with Gasteiger partial charge < -0.3 is 19.4 Å². The van der Waals surface area contributed by atoms with Crippen molar-refractivity contribution in [2.45, 2.75) is 102 Å². The van der Waals surface area contributed by atoms with E-state index in [0.717, 1.165) is 64.0 Å². The summed E-state index contributed by atoms with van der Waals surface area (Å²) in [4.78, 5) is 14.3. The van der Waals surface area contributed by atoms with E-state index >= 15 is 0 Å². The van der Waals surface area contributed by atoms with Gasteiger partial charge in [-0.3, -0.25) is 0 Å². The summed E-state index contributed by atoms with van der Waals surface area (Å²) in [6.07, 6.45) is 5.01. The Morgan fingerprint density at radius 2 is 1.22 bits per heavy atom. The van der Waals surface area contributed by atoms with Gasteiger partial charge in [-0.25, -0.2) is 0 Å². The zero-order valence-electron chi connectivity index (χ0n) is 44.8. The molecular weight excluding hydrogens is 1010 g/mol. The topological polar surface area (TPSA) is 75.6 Å². The smallest absolute Gasteiger partial charge is 0.500 e. The largest absolute Gasteiger partial charge is 3.00 e. The van der Waals surface area contributed by atoms with Gasteiger partial charge in [0.2, 0.25) is 0 Å². The fourth-order valence-corrected chi connectivity index (χ4v) is 9.62. The Hall–Kier alpha value is -6.51. The Balaban J connectivity index is 0.00000672. The van der Waals surface area contributed by atoms with E-state index in [1.165, 1.54) is 6.20 Å². The molecule has 4 heterocycles. The number of hydrogen-bond acceptors (Lipinski definition) is 5. The molecule has 1 aliphatic carbocycles. The molecule has 1 aliphatic rings. The maximum atomic E-state index is 10.2. The molecule has 0 N–H and O–H groups in total. The molecule has 10 rings (SSSR count). The minimum Gasteiger partial charge on any atom is -0.500 e. The van der Waals surface area contributed by atoms with Crippen LogP contribution in [0.4, 0.5) is 0 Å². The molecule has 1 fully saturated rings. The molecule has 6 heteroatoms. The standard InChI is InChI=1S/C62H55N4O.Ir/c1-61(2,50-27-31-55(65-40-50)46-15-8-5-9-16-46)36-44-33-43(34-45(35-44)37-62(3,4)51-28-32-56(66-41-51)47-17-10-6-11-18-47)24-23-42-25-30-57(64-39-42)54-22-14-21-52-53-29-26-49(38-63)58(60(53)67-59(52)54)48-19-12-7-13-20-48;/h5-6,8-11,14-15,17,21,25-35,39-41,48H,7,12-13,19-20,23-24,36-37H2,1-4H3;/q-3;+3/i23D2,24D2,26D,48D;. The van der Waals surface area contributed by atoms with E-state index in [1.807, 2.05) is 91.3 Å². The van der Waals surface area contributed by atoms with Gasteiger partial charge in [0.15, 0.2) is 0 Å². The van der Waals surface area contributed by atoms with Crippen LogP contribution in [-0.4, -0.2) is 15.0 Å². The third-order valence-corrected chi connectivity index (χ3v) is 13.2. The van der Waals surface area contributed by atoms with Crippen molar-refractivity contribution in [2.24, 2.45) is 0 Å². The molecule has 1 saturated carbocycles. The van der Waals surface area contributed by atoms with Gasteiger partial charge in [0.1, 0.15) is 5.58 Å². The van der Waals surface area contributed by atoms with Crippen LogP contribution in [0.3, 0.4) is 0 Å². The SMILES string of the molecule is [2H]c1cc2c(oc3c(-c4ccc(C([2H])([2H])C([2H])([2H])c5cc(CC(C)(C)c6ccc(-c7[c-]cccc7)nc6)cc(CC(C)(C)c6ccc(-c7[c-]cccc7)nc6)c5)cn4)[c-]ccc32)c(C2([2H])CCCCC2)c1C#N.[Ir+3]. The molecule has 0 bridgehead atoms. The van der Waals surface area contributed by atoms with E-state index in [-0.39, 0.29) is 42.8 Å². The van der Waals surface area contributed by atoms with Crippen LogP contribution < -0.4 is 0 Å². The van der Waals surface area contributed by atoms with Gasteiger partial charge in [0.05, 0.1) is 18.6 Å². The van der Waals surface area contributed by atoms with Crippen LogP contribution >= 0.6 is 0 Å². The normalized spacial score (nSPS) is 15.5. The Kier molecular flexibility index (Phi) is 11.6. The van der Waals surface area contributed by atoms with Crippen LogP contribution in [0, 0.1) is 29.5 Å². The summed E-state index contributed by atoms with van der Waals surface area (Å²) < 4.78 is 63.6. The third-order valence-electron chi connectivity index (χ3n) is 13.2. The fraction of sp³-hybridized carbons (Fsp3) is 0.258. The number of hydrogen-bond donors (Lipinski definition) is 0. The van der Waals surface area contributed by atoms with E-state index in [9.17, 15) is 12.1 Å². The van der Waals surface area contributed by atoms with E-state index in [0.29, 0.717) is 64.4 Å². The number of furan rings is 1. The van der Waals surface area contributed by atoms with Crippen molar-refractivity contribution in [3.8, 4) is 39.8 Å². The number of nitrogens with zero attached hydrogens (tertiary/aromatic N) is 4. The predicted molar refractivity (Wildman–Crippen MR) is 271 cm³/mol. The Labute approximate surface area is 423 Å². The summed E-state index contributed by atoms with van der Waals surface area (Å²) >= 11 is 0. The van der Waals surface area contributed by atoms with Crippen molar-refractivity contribution >= 4 is 21.9 Å². The number of pyridine rings is 3. The van der Waals surface area contributed by atoms with Crippen LogP contribution in [-0.2, 0) is 56.5 Å². The summed E-state index contributed by atoms with van der Waals surface area (Å²) in [6, 6.07) is 49.9. The fourth-order valence-electron chi connectivity index (χ4n) is 9.62. The van der Waals surface area contributed by atoms with Gasteiger partial charge in [-0.1, -0.05) is 119 Å². The number of rotatable bonds is 13. The van der Waals surface area contributed by atoms with Gasteiger partial charge in [-0.05, 0) is 112 Å². The second-order valence-corrected chi connectivity index (χ2v) is 19.0. The van der Waals surface area contributed by atoms with Crippen LogP contribution in [0.25, 0.3) is 55.7 Å². The van der Waals surface area contributed by atoms with E-state index in [2.05, 4.69) is 70.2 Å². The van der Waals surface area contributed by atoms with Crippen molar-refractivity contribution in [1.82, 2.24) is 15.0 Å². The Morgan fingerprint density at radius 3 is 1.76 bits per heavy atom. The van der Waals surface area contributed by atoms with Crippen LogP contribution in [0.2, 0.25) is 0 Å². The summed E-state index contributed by atoms with van der Waals surface area (Å²) in [5, 5.41) is 11.6. The van der Waals surface area contributed by atoms with Gasteiger partial charge in [-0.2, -0.15) is 5.26 Å². The van der Waals surface area contributed by atoms with Crippen molar-refractivity contribution in [3.63, 3.8) is 0 Å². The summed E-state index contributed by atoms with van der Waals surface area (Å²) in [5.74, 6) is -1.06. The number of benzene rings is 5. The maximum absolute atomic E-state index is 10.2. The molecule has 68 heavy (non-hydrogen) atoms. The second kappa shape index (κ2) is 20.0. The predicted octanol–water partition coefficient (Wildman–Crippen LogP) is 14.9. The molecule has 0 saturated heterocycles. The van der Waals surface area contributed by atoms with Gasteiger partial charge in [0, 0.05) is 36.4 Å². The Bertz CT molecular complexity index is 3400. The molecule has 9 aromatic rings. The van der Waals surface area contributed by atoms with Gasteiger partial charge in [0.25, 0.3) is 0 Å². The molecular formula is C62H55IrN4O. The van der Waals surface area contributed by atoms with E-state index < -0.39 is 29.5 Å². The maximum Gasteiger partial charge on any atom is 3.00 e. The number of fused-ring (bicyclic) bond motifs is 3. The first-order valence-corrected chi connectivity index (χ1v) is 23.2. The molecule has 0 radical (unpaired) electrons. The minimum atomic E-state index is -2.55. The second-order valence-electron chi connectivity index (χ2n) is 19.0. The van der Waals surface area contributed by atoms with Crippen molar-refractivity contribution < 1.29 is 32.7 Å². The molecule has 338 valence electrons.